The van der Waals surface area contributed by atoms with E-state index in [9.17, 15) is 19.5 Å². The van der Waals surface area contributed by atoms with Crippen LogP contribution in [0.5, 0.6) is 0 Å². The van der Waals surface area contributed by atoms with Crippen LogP contribution < -0.4 is 11.1 Å². The molecule has 3 aliphatic heterocycles. The number of nitrogens with one attached hydrogen (secondary N) is 1. The second kappa shape index (κ2) is 8.49. The Balaban J connectivity index is 1.53. The van der Waals surface area contributed by atoms with Crippen LogP contribution in [0.3, 0.4) is 0 Å². The van der Waals surface area contributed by atoms with E-state index in [-0.39, 0.29) is 53.3 Å². The van der Waals surface area contributed by atoms with Gasteiger partial charge in [0.1, 0.15) is 5.70 Å². The number of carboxylic acids is 1. The van der Waals surface area contributed by atoms with E-state index in [0.29, 0.717) is 23.6 Å². The van der Waals surface area contributed by atoms with Crippen molar-refractivity contribution in [1.82, 2.24) is 30.1 Å². The number of carboxylic acid groups (broad SMARTS) is 1. The molecule has 4 heterocycles. The molecular formula is C20H29N7O4S. The Morgan fingerprint density at radius 1 is 1.44 bits per heavy atom. The van der Waals surface area contributed by atoms with E-state index in [1.54, 1.807) is 29.9 Å². The van der Waals surface area contributed by atoms with Crippen LogP contribution in [0.25, 0.3) is 0 Å². The number of hydrogen-bond donors (Lipinski definition) is 3. The zero-order valence-corrected chi connectivity index (χ0v) is 19.4. The van der Waals surface area contributed by atoms with Crippen molar-refractivity contribution >= 4 is 29.5 Å². The quantitative estimate of drug-likeness (QED) is 0.461. The Labute approximate surface area is 190 Å². The lowest BCUT2D eigenvalue weighted by molar-refractivity contribution is -0.159. The smallest absolute Gasteiger partial charge is 0.353 e. The van der Waals surface area contributed by atoms with Crippen molar-refractivity contribution in [2.75, 3.05) is 20.6 Å². The van der Waals surface area contributed by atoms with Crippen LogP contribution in [0.2, 0.25) is 0 Å². The van der Waals surface area contributed by atoms with Gasteiger partial charge < -0.3 is 26.0 Å². The van der Waals surface area contributed by atoms with Gasteiger partial charge in [0.2, 0.25) is 11.8 Å². The molecule has 12 heteroatoms. The molecule has 0 aliphatic carbocycles. The first-order valence-corrected chi connectivity index (χ1v) is 11.6. The van der Waals surface area contributed by atoms with Gasteiger partial charge in [-0.3, -0.25) is 9.59 Å². The number of nitrogens with two attached hydrogens (primary N) is 1. The fraction of sp³-hybridized carbons (Fsp3) is 0.650. The number of aromatic nitrogens is 3. The second-order valence-corrected chi connectivity index (χ2v) is 10.2. The number of carbonyl (C=O) groups is 3. The van der Waals surface area contributed by atoms with Crippen LogP contribution >= 0.6 is 11.8 Å². The van der Waals surface area contributed by atoms with Crippen molar-refractivity contribution in [3.05, 3.63) is 22.5 Å². The number of β-lactam (4-membered cyclic amide) rings is 1. The van der Waals surface area contributed by atoms with Crippen molar-refractivity contribution in [2.45, 2.75) is 50.2 Å². The molecule has 4 N–H and O–H groups in total. The van der Waals surface area contributed by atoms with E-state index in [1.807, 2.05) is 13.8 Å². The first-order chi connectivity index (χ1) is 15.1. The van der Waals surface area contributed by atoms with Gasteiger partial charge in [-0.05, 0) is 13.3 Å². The molecule has 1 aromatic heterocycles. The highest BCUT2D eigenvalue weighted by atomic mass is 32.2. The van der Waals surface area contributed by atoms with Crippen molar-refractivity contribution in [3.8, 4) is 0 Å². The lowest BCUT2D eigenvalue weighted by Gasteiger charge is -2.47. The van der Waals surface area contributed by atoms with Crippen LogP contribution in [-0.4, -0.2) is 85.7 Å². The lowest BCUT2D eigenvalue weighted by Crippen LogP contribution is -2.62. The molecule has 0 spiro atoms. The maximum atomic E-state index is 13.1. The molecule has 2 saturated heterocycles. The predicted molar refractivity (Wildman–Crippen MR) is 117 cm³/mol. The van der Waals surface area contributed by atoms with Gasteiger partial charge in [-0.1, -0.05) is 12.1 Å². The molecule has 2 fully saturated rings. The van der Waals surface area contributed by atoms with Crippen molar-refractivity contribution in [2.24, 2.45) is 17.6 Å². The average molecular weight is 464 g/mol. The highest BCUT2D eigenvalue weighted by Gasteiger charge is 2.60. The van der Waals surface area contributed by atoms with Crippen LogP contribution in [0.15, 0.2) is 16.8 Å². The summed E-state index contributed by atoms with van der Waals surface area (Å²) in [5.41, 5.74) is 6.33. The molecule has 174 valence electrons. The summed E-state index contributed by atoms with van der Waals surface area (Å²) in [5.74, 6) is -1.82. The topological polar surface area (TPSA) is 147 Å². The normalized spacial score (nSPS) is 30.3. The first-order valence-electron chi connectivity index (χ1n) is 10.7. The number of amides is 2. The number of likely N-dealkylation sites (N-methyl/N-ethyl adjacent to an activating group) is 1. The summed E-state index contributed by atoms with van der Waals surface area (Å²) < 4.78 is 1.64. The van der Waals surface area contributed by atoms with Gasteiger partial charge in [0.05, 0.1) is 35.9 Å². The minimum Gasteiger partial charge on any atom is -0.477 e. The van der Waals surface area contributed by atoms with Gasteiger partial charge in [-0.15, -0.1) is 16.9 Å². The Morgan fingerprint density at radius 3 is 2.75 bits per heavy atom. The molecule has 3 aliphatic rings. The van der Waals surface area contributed by atoms with E-state index < -0.39 is 11.9 Å². The zero-order chi connectivity index (χ0) is 23.3. The Hall–Kier alpha value is -2.44. The average Bonchev–Trinajstić information content (AvgIpc) is 3.46. The van der Waals surface area contributed by atoms with E-state index in [4.69, 9.17) is 5.73 Å². The maximum absolute atomic E-state index is 13.1. The van der Waals surface area contributed by atoms with Crippen LogP contribution in [0.4, 0.5) is 0 Å². The molecule has 1 unspecified atom stereocenters. The lowest BCUT2D eigenvalue weighted by atomic mass is 9.78. The third-order valence-corrected chi connectivity index (χ3v) is 8.13. The summed E-state index contributed by atoms with van der Waals surface area (Å²) in [6, 6.07) is -0.789. The zero-order valence-electron chi connectivity index (χ0n) is 18.6. The minimum atomic E-state index is -1.10. The summed E-state index contributed by atoms with van der Waals surface area (Å²) in [4.78, 5) is 41.2. The third-order valence-electron chi connectivity index (χ3n) is 6.62. The number of rotatable bonds is 7. The maximum Gasteiger partial charge on any atom is 0.353 e. The van der Waals surface area contributed by atoms with Crippen molar-refractivity contribution < 1.29 is 19.5 Å². The minimum absolute atomic E-state index is 0.0116. The highest BCUT2D eigenvalue weighted by molar-refractivity contribution is 8.03. The summed E-state index contributed by atoms with van der Waals surface area (Å²) in [5, 5.41) is 21.3. The molecule has 0 bridgehead atoms. The fourth-order valence-corrected chi connectivity index (χ4v) is 6.40. The highest BCUT2D eigenvalue weighted by Crippen LogP contribution is 2.53. The summed E-state index contributed by atoms with van der Waals surface area (Å²) in [6.45, 7) is 4.73. The molecule has 0 radical (unpaired) electrons. The van der Waals surface area contributed by atoms with E-state index in [1.165, 1.54) is 16.7 Å². The van der Waals surface area contributed by atoms with Crippen LogP contribution in [-0.2, 0) is 20.9 Å². The van der Waals surface area contributed by atoms with Gasteiger partial charge in [0.15, 0.2) is 0 Å². The predicted octanol–water partition coefficient (Wildman–Crippen LogP) is -0.377. The van der Waals surface area contributed by atoms with Gasteiger partial charge in [-0.25, -0.2) is 9.48 Å². The molecule has 32 heavy (non-hydrogen) atoms. The number of aliphatic carboxylic acids is 1. The Morgan fingerprint density at radius 2 is 2.16 bits per heavy atom. The van der Waals surface area contributed by atoms with Crippen LogP contribution in [0, 0.1) is 11.8 Å². The van der Waals surface area contributed by atoms with Crippen molar-refractivity contribution in [3.63, 3.8) is 0 Å². The Kier molecular flexibility index (Phi) is 6.03. The number of hydrogen-bond acceptors (Lipinski definition) is 8. The van der Waals surface area contributed by atoms with Gasteiger partial charge in [0.25, 0.3) is 0 Å². The largest absolute Gasteiger partial charge is 0.477 e. The first kappa shape index (κ1) is 22.7. The molecule has 6 atom stereocenters. The SMILES string of the molecule is C[C@H]([C@H]1C(=O)N2C(C(=O)O)=C(SC3CN[C@H](C(=O)N(C)C)C3)[C@H](C)[C@H]12)n1cc(CN)nn1. The molecule has 11 nitrogen and oxygen atoms in total. The molecule has 0 aromatic carbocycles. The van der Waals surface area contributed by atoms with Crippen molar-refractivity contribution in [1.29, 1.82) is 0 Å². The molecule has 2 amide bonds. The second-order valence-electron chi connectivity index (χ2n) is 8.83. The number of nitrogens with zero attached hydrogens (tertiary/aromatic N) is 5. The van der Waals surface area contributed by atoms with Gasteiger partial charge in [-0.2, -0.15) is 0 Å². The fourth-order valence-electron chi connectivity index (χ4n) is 4.92. The van der Waals surface area contributed by atoms with E-state index in [0.717, 1.165) is 0 Å². The molecular weight excluding hydrogens is 434 g/mol. The third kappa shape index (κ3) is 3.59. The monoisotopic (exact) mass is 463 g/mol. The van der Waals surface area contributed by atoms with E-state index >= 15 is 0 Å². The van der Waals surface area contributed by atoms with Crippen LogP contribution in [0.1, 0.15) is 32.0 Å². The number of carbonyl (C=O) groups excluding carboxylic acids is 2. The number of thioether (sulfide) groups is 1. The van der Waals surface area contributed by atoms with Gasteiger partial charge in [0, 0.05) is 43.3 Å². The summed E-state index contributed by atoms with van der Waals surface area (Å²) >= 11 is 1.48. The summed E-state index contributed by atoms with van der Waals surface area (Å²) in [7, 11) is 3.44. The number of fused-ring (bicyclic) bond motifs is 1. The summed E-state index contributed by atoms with van der Waals surface area (Å²) in [6.07, 6.45) is 2.34. The Bertz CT molecular complexity index is 977. The molecule has 4 rings (SSSR count). The molecule has 0 saturated carbocycles. The van der Waals surface area contributed by atoms with Gasteiger partial charge >= 0.3 is 5.97 Å². The van der Waals surface area contributed by atoms with E-state index in [2.05, 4.69) is 15.6 Å². The molecule has 1 aromatic rings. The standard InChI is InChI=1S/C20H29N7O4S/c1-9-15-14(10(2)26-8-11(6-21)23-24-26)19(29)27(15)16(20(30)31)17(9)32-12-5-13(22-7-12)18(28)25(3)4/h8-10,12-15,22H,5-7,21H2,1-4H3,(H,30,31)/t9-,10-,12?,13+,14-,15-/m1/s1.